The number of nitrogens with zero attached hydrogens (tertiary/aromatic N) is 1. The number of rotatable bonds is 8. The average Bonchev–Trinajstić information content (AvgIpc) is 2.73. The smallest absolute Gasteiger partial charge is 0.277 e. The van der Waals surface area contributed by atoms with Gasteiger partial charge in [-0.05, 0) is 35.4 Å². The van der Waals surface area contributed by atoms with E-state index in [4.69, 9.17) is 16.3 Å². The van der Waals surface area contributed by atoms with Crippen molar-refractivity contribution in [1.29, 1.82) is 0 Å². The SMILES string of the molecule is O=C(COc1ccc(Cl)cc1)NN=C(Cc1ccccc1)Cc1ccccc1. The number of carbonyl (C=O) groups is 1. The van der Waals surface area contributed by atoms with Crippen molar-refractivity contribution in [2.45, 2.75) is 12.8 Å². The highest BCUT2D eigenvalue weighted by atomic mass is 35.5. The third-order valence-electron chi connectivity index (χ3n) is 4.02. The van der Waals surface area contributed by atoms with Gasteiger partial charge < -0.3 is 4.74 Å². The molecule has 0 atom stereocenters. The second-order valence-electron chi connectivity index (χ2n) is 6.28. The molecule has 0 unspecified atom stereocenters. The number of hydrazone groups is 1. The van der Waals surface area contributed by atoms with E-state index < -0.39 is 0 Å². The molecule has 0 heterocycles. The molecule has 0 saturated heterocycles. The van der Waals surface area contributed by atoms with Crippen molar-refractivity contribution in [2.75, 3.05) is 6.61 Å². The van der Waals surface area contributed by atoms with E-state index in [1.54, 1.807) is 24.3 Å². The van der Waals surface area contributed by atoms with Crippen LogP contribution >= 0.6 is 11.6 Å². The first-order chi connectivity index (χ1) is 13.7. The second-order valence-corrected chi connectivity index (χ2v) is 6.72. The molecule has 1 amide bonds. The Kier molecular flexibility index (Phi) is 7.21. The number of ether oxygens (including phenoxy) is 1. The summed E-state index contributed by atoms with van der Waals surface area (Å²) >= 11 is 5.84. The maximum Gasteiger partial charge on any atom is 0.277 e. The summed E-state index contributed by atoms with van der Waals surface area (Å²) in [7, 11) is 0. The third-order valence-corrected chi connectivity index (χ3v) is 4.28. The summed E-state index contributed by atoms with van der Waals surface area (Å²) < 4.78 is 5.45. The number of carbonyl (C=O) groups excluding carboxylic acids is 1. The van der Waals surface area contributed by atoms with E-state index >= 15 is 0 Å². The molecular weight excluding hydrogens is 372 g/mol. The van der Waals surface area contributed by atoms with Crippen molar-refractivity contribution in [3.05, 3.63) is 101 Å². The Labute approximate surface area is 169 Å². The van der Waals surface area contributed by atoms with E-state index in [-0.39, 0.29) is 12.5 Å². The fraction of sp³-hybridized carbons (Fsp3) is 0.130. The van der Waals surface area contributed by atoms with Crippen LogP contribution in [0.4, 0.5) is 0 Å². The second kappa shape index (κ2) is 10.3. The van der Waals surface area contributed by atoms with Crippen molar-refractivity contribution in [3.8, 4) is 5.75 Å². The van der Waals surface area contributed by atoms with Crippen LogP contribution < -0.4 is 10.2 Å². The highest BCUT2D eigenvalue weighted by molar-refractivity contribution is 6.30. The number of nitrogens with one attached hydrogen (secondary N) is 1. The molecule has 0 aromatic heterocycles. The van der Waals surface area contributed by atoms with Crippen molar-refractivity contribution < 1.29 is 9.53 Å². The van der Waals surface area contributed by atoms with Crippen LogP contribution in [0.15, 0.2) is 90.0 Å². The van der Waals surface area contributed by atoms with Crippen LogP contribution in [0.1, 0.15) is 11.1 Å². The highest BCUT2D eigenvalue weighted by Gasteiger charge is 2.07. The Morgan fingerprint density at radius 3 is 1.89 bits per heavy atom. The molecule has 1 N–H and O–H groups in total. The van der Waals surface area contributed by atoms with Crippen LogP contribution in [-0.2, 0) is 17.6 Å². The normalized spacial score (nSPS) is 10.2. The Morgan fingerprint density at radius 2 is 1.36 bits per heavy atom. The monoisotopic (exact) mass is 392 g/mol. The van der Waals surface area contributed by atoms with Gasteiger partial charge in [-0.3, -0.25) is 4.79 Å². The van der Waals surface area contributed by atoms with Crippen molar-refractivity contribution in [3.63, 3.8) is 0 Å². The topological polar surface area (TPSA) is 50.7 Å². The molecule has 5 heteroatoms. The van der Waals surface area contributed by atoms with Crippen molar-refractivity contribution >= 4 is 23.2 Å². The van der Waals surface area contributed by atoms with E-state index in [1.165, 1.54) is 0 Å². The molecule has 3 aromatic rings. The molecule has 0 radical (unpaired) electrons. The fourth-order valence-corrected chi connectivity index (χ4v) is 2.78. The fourth-order valence-electron chi connectivity index (χ4n) is 2.66. The molecule has 0 aliphatic carbocycles. The van der Waals surface area contributed by atoms with Gasteiger partial charge >= 0.3 is 0 Å². The molecular formula is C23H21ClN2O2. The molecule has 3 aromatic carbocycles. The van der Waals surface area contributed by atoms with Gasteiger partial charge in [0.1, 0.15) is 5.75 Å². The molecule has 28 heavy (non-hydrogen) atoms. The molecule has 0 saturated carbocycles. The van der Waals surface area contributed by atoms with E-state index in [0.717, 1.165) is 16.8 Å². The lowest BCUT2D eigenvalue weighted by Gasteiger charge is -2.09. The van der Waals surface area contributed by atoms with Gasteiger partial charge in [-0.2, -0.15) is 5.10 Å². The lowest BCUT2D eigenvalue weighted by molar-refractivity contribution is -0.123. The van der Waals surface area contributed by atoms with E-state index in [0.29, 0.717) is 23.6 Å². The Bertz CT molecular complexity index is 867. The number of halogens is 1. The Hall–Kier alpha value is -3.11. The first-order valence-corrected chi connectivity index (χ1v) is 9.37. The summed E-state index contributed by atoms with van der Waals surface area (Å²) in [6.07, 6.45) is 1.32. The van der Waals surface area contributed by atoms with Gasteiger partial charge in [0.05, 0.1) is 0 Å². The zero-order valence-electron chi connectivity index (χ0n) is 15.3. The van der Waals surface area contributed by atoms with Gasteiger partial charge in [-0.25, -0.2) is 5.43 Å². The van der Waals surface area contributed by atoms with E-state index in [1.807, 2.05) is 60.7 Å². The zero-order valence-corrected chi connectivity index (χ0v) is 16.1. The minimum absolute atomic E-state index is 0.116. The summed E-state index contributed by atoms with van der Waals surface area (Å²) in [6.45, 7) is -0.116. The quantitative estimate of drug-likeness (QED) is 0.447. The third kappa shape index (κ3) is 6.56. The first-order valence-electron chi connectivity index (χ1n) is 8.99. The summed E-state index contributed by atoms with van der Waals surface area (Å²) in [5, 5.41) is 4.98. The number of amides is 1. The van der Waals surface area contributed by atoms with Crippen LogP contribution in [0, 0.1) is 0 Å². The van der Waals surface area contributed by atoms with E-state index in [2.05, 4.69) is 10.5 Å². The standard InChI is InChI=1S/C23H21ClN2O2/c24-20-11-13-22(14-12-20)28-17-23(27)26-25-21(15-18-7-3-1-4-8-18)16-19-9-5-2-6-10-19/h1-14H,15-17H2,(H,26,27). The number of hydrogen-bond acceptors (Lipinski definition) is 3. The molecule has 0 fully saturated rings. The lowest BCUT2D eigenvalue weighted by Crippen LogP contribution is -2.26. The van der Waals surface area contributed by atoms with Crippen LogP contribution in [0.5, 0.6) is 5.75 Å². The van der Waals surface area contributed by atoms with Crippen LogP contribution in [0.2, 0.25) is 5.02 Å². The van der Waals surface area contributed by atoms with Crippen molar-refractivity contribution in [2.24, 2.45) is 5.10 Å². The molecule has 0 aliphatic rings. The number of hydrogen-bond donors (Lipinski definition) is 1. The predicted octanol–water partition coefficient (Wildman–Crippen LogP) is 4.68. The van der Waals surface area contributed by atoms with Crippen LogP contribution in [0.25, 0.3) is 0 Å². The van der Waals surface area contributed by atoms with Gasteiger partial charge in [0, 0.05) is 23.6 Å². The molecule has 3 rings (SSSR count). The van der Waals surface area contributed by atoms with Gasteiger partial charge in [0.15, 0.2) is 6.61 Å². The Morgan fingerprint density at radius 1 is 0.821 bits per heavy atom. The molecule has 142 valence electrons. The summed E-state index contributed by atoms with van der Waals surface area (Å²) in [5.41, 5.74) is 5.76. The highest BCUT2D eigenvalue weighted by Crippen LogP contribution is 2.15. The molecule has 0 aliphatic heterocycles. The van der Waals surface area contributed by atoms with Gasteiger partial charge in [-0.1, -0.05) is 72.3 Å². The predicted molar refractivity (Wildman–Crippen MR) is 113 cm³/mol. The minimum Gasteiger partial charge on any atom is -0.484 e. The summed E-state index contributed by atoms with van der Waals surface area (Å²) in [4.78, 5) is 12.1. The molecule has 0 bridgehead atoms. The first kappa shape index (κ1) is 19.6. The van der Waals surface area contributed by atoms with Crippen molar-refractivity contribution in [1.82, 2.24) is 5.43 Å². The van der Waals surface area contributed by atoms with Gasteiger partial charge in [0.25, 0.3) is 5.91 Å². The summed E-state index contributed by atoms with van der Waals surface area (Å²) in [5.74, 6) is 0.269. The lowest BCUT2D eigenvalue weighted by atomic mass is 10.0. The van der Waals surface area contributed by atoms with Crippen LogP contribution in [0.3, 0.4) is 0 Å². The number of benzene rings is 3. The minimum atomic E-state index is -0.312. The largest absolute Gasteiger partial charge is 0.484 e. The molecule has 4 nitrogen and oxygen atoms in total. The van der Waals surface area contributed by atoms with Gasteiger partial charge in [-0.15, -0.1) is 0 Å². The van der Waals surface area contributed by atoms with E-state index in [9.17, 15) is 4.79 Å². The molecule has 0 spiro atoms. The zero-order chi connectivity index (χ0) is 19.6. The maximum atomic E-state index is 12.1. The van der Waals surface area contributed by atoms with Crippen LogP contribution in [-0.4, -0.2) is 18.2 Å². The Balaban J connectivity index is 1.61. The van der Waals surface area contributed by atoms with Gasteiger partial charge in [0.2, 0.25) is 0 Å². The average molecular weight is 393 g/mol. The maximum absolute atomic E-state index is 12.1. The summed E-state index contributed by atoms with van der Waals surface area (Å²) in [6, 6.07) is 27.0.